The predicted molar refractivity (Wildman–Crippen MR) is 148 cm³/mol. The van der Waals surface area contributed by atoms with Crippen molar-refractivity contribution in [2.75, 3.05) is 19.1 Å². The van der Waals surface area contributed by atoms with Gasteiger partial charge in [-0.15, -0.1) is 0 Å². The molecular weight excluding hydrogens is 494 g/mol. The molecule has 1 amide bonds. The van der Waals surface area contributed by atoms with Gasteiger partial charge in [-0.05, 0) is 53.6 Å². The van der Waals surface area contributed by atoms with Gasteiger partial charge in [-0.3, -0.25) is 14.5 Å². The second-order valence-corrected chi connectivity index (χ2v) is 8.91. The molecule has 5 rings (SSSR count). The Hall–Kier alpha value is -5.04. The zero-order valence-corrected chi connectivity index (χ0v) is 21.5. The van der Waals surface area contributed by atoms with Crippen LogP contribution in [0.4, 0.5) is 5.69 Å². The Morgan fingerprint density at radius 3 is 2.08 bits per heavy atom. The van der Waals surface area contributed by atoms with Crippen molar-refractivity contribution in [2.24, 2.45) is 0 Å². The molecule has 1 heterocycles. The summed E-state index contributed by atoms with van der Waals surface area (Å²) in [7, 11) is 2.97. The number of ketones is 1. The van der Waals surface area contributed by atoms with E-state index in [9.17, 15) is 14.7 Å². The number of aliphatic hydroxyl groups excluding tert-OH is 1. The minimum Gasteiger partial charge on any atom is -0.507 e. The van der Waals surface area contributed by atoms with E-state index in [-0.39, 0.29) is 16.9 Å². The van der Waals surface area contributed by atoms with E-state index in [2.05, 4.69) is 0 Å². The number of ether oxygens (including phenoxy) is 3. The van der Waals surface area contributed by atoms with Gasteiger partial charge < -0.3 is 19.3 Å². The first-order valence-electron chi connectivity index (χ1n) is 12.4. The fourth-order valence-corrected chi connectivity index (χ4v) is 4.63. The van der Waals surface area contributed by atoms with Crippen LogP contribution in [0.25, 0.3) is 5.76 Å². The molecule has 1 aliphatic rings. The maximum absolute atomic E-state index is 13.5. The SMILES string of the molecule is COc1ccc(OC)c(/C(O)=C2\C(=O)C(=O)N(c3ccccc3)C2c2ccc(OCc3ccccc3)cc2)c1. The molecule has 7 nitrogen and oxygen atoms in total. The lowest BCUT2D eigenvalue weighted by Crippen LogP contribution is -2.29. The largest absolute Gasteiger partial charge is 0.507 e. The highest BCUT2D eigenvalue weighted by atomic mass is 16.5. The lowest BCUT2D eigenvalue weighted by Gasteiger charge is -2.25. The number of anilines is 1. The van der Waals surface area contributed by atoms with E-state index in [1.807, 2.05) is 36.4 Å². The van der Waals surface area contributed by atoms with Gasteiger partial charge in [0.05, 0.1) is 31.4 Å². The normalized spacial score (nSPS) is 16.3. The number of methoxy groups -OCH3 is 2. The Balaban J connectivity index is 1.59. The Labute approximate surface area is 226 Å². The Morgan fingerprint density at radius 1 is 0.795 bits per heavy atom. The zero-order chi connectivity index (χ0) is 27.4. The summed E-state index contributed by atoms with van der Waals surface area (Å²) in [6.07, 6.45) is 0. The number of carbonyl (C=O) groups is 2. The van der Waals surface area contributed by atoms with E-state index in [1.54, 1.807) is 66.7 Å². The van der Waals surface area contributed by atoms with Crippen molar-refractivity contribution in [3.63, 3.8) is 0 Å². The van der Waals surface area contributed by atoms with Gasteiger partial charge in [-0.25, -0.2) is 0 Å². The number of nitrogens with zero attached hydrogens (tertiary/aromatic N) is 1. The highest BCUT2D eigenvalue weighted by Crippen LogP contribution is 2.44. The molecule has 1 unspecified atom stereocenters. The van der Waals surface area contributed by atoms with E-state index >= 15 is 0 Å². The van der Waals surface area contributed by atoms with Crippen molar-refractivity contribution in [1.29, 1.82) is 0 Å². The van der Waals surface area contributed by atoms with Crippen LogP contribution < -0.4 is 19.1 Å². The summed E-state index contributed by atoms with van der Waals surface area (Å²) in [5.74, 6) is -0.450. The number of amides is 1. The molecule has 39 heavy (non-hydrogen) atoms. The van der Waals surface area contributed by atoms with Gasteiger partial charge in [0.15, 0.2) is 0 Å². The molecule has 1 N–H and O–H groups in total. The van der Waals surface area contributed by atoms with Crippen LogP contribution in [-0.2, 0) is 16.2 Å². The van der Waals surface area contributed by atoms with Gasteiger partial charge >= 0.3 is 0 Å². The third-order valence-corrected chi connectivity index (χ3v) is 6.58. The van der Waals surface area contributed by atoms with Crippen LogP contribution in [0.3, 0.4) is 0 Å². The van der Waals surface area contributed by atoms with Crippen LogP contribution >= 0.6 is 0 Å². The topological polar surface area (TPSA) is 85.3 Å². The van der Waals surface area contributed by atoms with Crippen molar-refractivity contribution in [1.82, 2.24) is 0 Å². The number of benzene rings is 4. The minimum absolute atomic E-state index is 0.0478. The van der Waals surface area contributed by atoms with Gasteiger partial charge in [-0.2, -0.15) is 0 Å². The van der Waals surface area contributed by atoms with Gasteiger partial charge in [0.1, 0.15) is 29.6 Å². The number of carbonyl (C=O) groups excluding carboxylic acids is 2. The molecule has 0 aromatic heterocycles. The molecule has 0 saturated carbocycles. The Kier molecular flexibility index (Phi) is 7.32. The number of rotatable bonds is 8. The van der Waals surface area contributed by atoms with Crippen molar-refractivity contribution < 1.29 is 28.9 Å². The zero-order valence-electron chi connectivity index (χ0n) is 21.5. The molecule has 4 aromatic rings. The highest BCUT2D eigenvalue weighted by Gasteiger charge is 2.47. The maximum atomic E-state index is 13.5. The lowest BCUT2D eigenvalue weighted by molar-refractivity contribution is -0.132. The van der Waals surface area contributed by atoms with Crippen molar-refractivity contribution in [3.8, 4) is 17.2 Å². The van der Waals surface area contributed by atoms with Crippen molar-refractivity contribution in [2.45, 2.75) is 12.6 Å². The van der Waals surface area contributed by atoms with E-state index in [0.717, 1.165) is 5.56 Å². The summed E-state index contributed by atoms with van der Waals surface area (Å²) in [5.41, 5.74) is 2.40. The summed E-state index contributed by atoms with van der Waals surface area (Å²) in [4.78, 5) is 28.3. The third kappa shape index (κ3) is 5.07. The molecule has 0 spiro atoms. The van der Waals surface area contributed by atoms with E-state index < -0.39 is 17.7 Å². The van der Waals surface area contributed by atoms with Crippen molar-refractivity contribution >= 4 is 23.1 Å². The first-order chi connectivity index (χ1) is 19.0. The van der Waals surface area contributed by atoms with Crippen LogP contribution in [0.5, 0.6) is 17.2 Å². The molecule has 1 aliphatic heterocycles. The number of hydrogen-bond donors (Lipinski definition) is 1. The molecule has 4 aromatic carbocycles. The predicted octanol–water partition coefficient (Wildman–Crippen LogP) is 5.91. The van der Waals surface area contributed by atoms with Crippen LogP contribution in [0.15, 0.2) is 109 Å². The molecular formula is C32H27NO6. The summed E-state index contributed by atoms with van der Waals surface area (Å²) in [5, 5.41) is 11.5. The van der Waals surface area contributed by atoms with Crippen LogP contribution in [0.2, 0.25) is 0 Å². The van der Waals surface area contributed by atoms with E-state index in [4.69, 9.17) is 14.2 Å². The van der Waals surface area contributed by atoms with Crippen LogP contribution in [0.1, 0.15) is 22.7 Å². The number of Topliss-reactive ketones (excluding diaryl/α,β-unsaturated/α-hetero) is 1. The molecule has 1 saturated heterocycles. The summed E-state index contributed by atoms with van der Waals surface area (Å²) >= 11 is 0. The maximum Gasteiger partial charge on any atom is 0.300 e. The second-order valence-electron chi connectivity index (χ2n) is 8.91. The van der Waals surface area contributed by atoms with Gasteiger partial charge in [-0.1, -0.05) is 60.7 Å². The summed E-state index contributed by atoms with van der Waals surface area (Å²) < 4.78 is 16.7. The molecule has 0 aliphatic carbocycles. The van der Waals surface area contributed by atoms with E-state index in [0.29, 0.717) is 35.1 Å². The first kappa shape index (κ1) is 25.6. The molecule has 7 heteroatoms. The number of hydrogen-bond acceptors (Lipinski definition) is 6. The third-order valence-electron chi connectivity index (χ3n) is 6.58. The Morgan fingerprint density at radius 2 is 1.44 bits per heavy atom. The summed E-state index contributed by atoms with van der Waals surface area (Å²) in [6, 6.07) is 29.9. The van der Waals surface area contributed by atoms with Crippen molar-refractivity contribution in [3.05, 3.63) is 125 Å². The first-order valence-corrected chi connectivity index (χ1v) is 12.4. The quantitative estimate of drug-likeness (QED) is 0.176. The fourth-order valence-electron chi connectivity index (χ4n) is 4.63. The average molecular weight is 522 g/mol. The molecule has 196 valence electrons. The van der Waals surface area contributed by atoms with Gasteiger partial charge in [0, 0.05) is 5.69 Å². The van der Waals surface area contributed by atoms with Crippen LogP contribution in [0, 0.1) is 0 Å². The van der Waals surface area contributed by atoms with Crippen LogP contribution in [-0.4, -0.2) is 31.0 Å². The smallest absolute Gasteiger partial charge is 0.300 e. The average Bonchev–Trinajstić information content (AvgIpc) is 3.26. The molecule has 0 radical (unpaired) electrons. The standard InChI is InChI=1S/C32H27NO6/c1-37-25-17-18-27(38-2)26(19-25)30(34)28-29(33(32(36)31(28)35)23-11-7-4-8-12-23)22-13-15-24(16-14-22)39-20-21-9-5-3-6-10-21/h3-19,29,34H,20H2,1-2H3/b30-28+. The highest BCUT2D eigenvalue weighted by molar-refractivity contribution is 6.51. The number of aliphatic hydroxyl groups is 1. The fraction of sp³-hybridized carbons (Fsp3) is 0.125. The van der Waals surface area contributed by atoms with Gasteiger partial charge in [0.2, 0.25) is 0 Å². The Bertz CT molecular complexity index is 1510. The van der Waals surface area contributed by atoms with E-state index in [1.165, 1.54) is 19.1 Å². The monoisotopic (exact) mass is 521 g/mol. The minimum atomic E-state index is -0.883. The molecule has 0 bridgehead atoms. The summed E-state index contributed by atoms with van der Waals surface area (Å²) in [6.45, 7) is 0.401. The molecule has 1 fully saturated rings. The van der Waals surface area contributed by atoms with Gasteiger partial charge in [0.25, 0.3) is 11.7 Å². The second kappa shape index (κ2) is 11.1. The molecule has 1 atom stereocenters. The number of para-hydroxylation sites is 1. The lowest BCUT2D eigenvalue weighted by atomic mass is 9.94.